The lowest BCUT2D eigenvalue weighted by molar-refractivity contribution is -0.141. The minimum absolute atomic E-state index is 0.0948. The molecule has 0 unspecified atom stereocenters. The molecule has 0 aliphatic rings. The van der Waals surface area contributed by atoms with E-state index in [1.165, 1.54) is 0 Å². The van der Waals surface area contributed by atoms with E-state index in [1.54, 1.807) is 5.10 Å². The second-order valence-corrected chi connectivity index (χ2v) is 2.33. The fraction of sp³-hybridized carbons (Fsp3) is 0.250. The summed E-state index contributed by atoms with van der Waals surface area (Å²) in [6.45, 7) is 0. The number of halogens is 3. The molecule has 1 heterocycles. The molecule has 0 aliphatic heterocycles. The van der Waals surface area contributed by atoms with Crippen LogP contribution in [-0.2, 0) is 11.0 Å². The quantitative estimate of drug-likeness (QED) is 0.552. The Labute approximate surface area is 77.3 Å². The van der Waals surface area contributed by atoms with Crippen LogP contribution in [0.4, 0.5) is 13.2 Å². The van der Waals surface area contributed by atoms with Crippen LogP contribution in [0.25, 0.3) is 0 Å². The number of nitrogens with one attached hydrogen (secondary N) is 1. The first-order valence-electron chi connectivity index (χ1n) is 3.58. The van der Waals surface area contributed by atoms with Gasteiger partial charge in [-0.25, -0.2) is 0 Å². The van der Waals surface area contributed by atoms with Crippen molar-refractivity contribution in [1.82, 2.24) is 10.2 Å². The van der Waals surface area contributed by atoms with E-state index in [4.69, 9.17) is 0 Å². The van der Waals surface area contributed by atoms with Crippen LogP contribution in [0.5, 0.6) is 0 Å². The first-order chi connectivity index (χ1) is 6.55. The third-order valence-corrected chi connectivity index (χ3v) is 1.33. The fourth-order valence-electron chi connectivity index (χ4n) is 0.785. The predicted octanol–water partition coefficient (Wildman–Crippen LogP) is 1.37. The van der Waals surface area contributed by atoms with Gasteiger partial charge < -0.3 is 4.79 Å². The number of aromatic amines is 1. The molecular weight excluding hydrogens is 197 g/mol. The highest BCUT2D eigenvalue weighted by atomic mass is 19.4. The number of hydrogen-bond donors (Lipinski definition) is 1. The van der Waals surface area contributed by atoms with Crippen LogP contribution in [0.3, 0.4) is 0 Å². The summed E-state index contributed by atoms with van der Waals surface area (Å²) in [4.78, 5) is 9.87. The smallest absolute Gasteiger partial charge is 0.302 e. The molecule has 0 aromatic carbocycles. The van der Waals surface area contributed by atoms with Crippen molar-refractivity contribution in [1.29, 1.82) is 0 Å². The Bertz CT molecular complexity index is 383. The van der Waals surface area contributed by atoms with E-state index in [2.05, 4.69) is 16.9 Å². The van der Waals surface area contributed by atoms with Gasteiger partial charge in [0.1, 0.15) is 6.29 Å². The zero-order valence-electron chi connectivity index (χ0n) is 6.85. The van der Waals surface area contributed by atoms with Crippen LogP contribution in [0.2, 0.25) is 0 Å². The van der Waals surface area contributed by atoms with Crippen molar-refractivity contribution in [3.8, 4) is 11.8 Å². The molecule has 1 aromatic heterocycles. The average molecular weight is 202 g/mol. The van der Waals surface area contributed by atoms with Crippen molar-refractivity contribution in [3.05, 3.63) is 17.5 Å². The Hall–Kier alpha value is -1.77. The number of carbonyl (C=O) groups excluding carboxylic acids is 1. The van der Waals surface area contributed by atoms with Crippen LogP contribution in [0, 0.1) is 11.8 Å². The maximum Gasteiger partial charge on any atom is 0.434 e. The zero-order valence-corrected chi connectivity index (χ0v) is 6.85. The molecule has 3 nitrogen and oxygen atoms in total. The number of aromatic nitrogens is 2. The van der Waals surface area contributed by atoms with Gasteiger partial charge in [0.2, 0.25) is 0 Å². The van der Waals surface area contributed by atoms with Crippen molar-refractivity contribution in [2.24, 2.45) is 0 Å². The summed E-state index contributed by atoms with van der Waals surface area (Å²) < 4.78 is 36.5. The second-order valence-electron chi connectivity index (χ2n) is 2.33. The van der Waals surface area contributed by atoms with Crippen molar-refractivity contribution in [3.63, 3.8) is 0 Å². The number of H-pyrrole nitrogens is 1. The van der Waals surface area contributed by atoms with Gasteiger partial charge in [-0.15, -0.1) is 0 Å². The summed E-state index contributed by atoms with van der Waals surface area (Å²) in [5, 5.41) is 5.04. The first kappa shape index (κ1) is 10.3. The van der Waals surface area contributed by atoms with Gasteiger partial charge >= 0.3 is 6.18 Å². The summed E-state index contributed by atoms with van der Waals surface area (Å²) in [5.74, 6) is 4.48. The van der Waals surface area contributed by atoms with E-state index in [1.807, 2.05) is 0 Å². The lowest BCUT2D eigenvalue weighted by Gasteiger charge is -2.02. The molecule has 0 atom stereocenters. The SMILES string of the molecule is O=CCC#Cc1cn[nH]c1C(F)(F)F. The molecule has 1 N–H and O–H groups in total. The van der Waals surface area contributed by atoms with E-state index in [-0.39, 0.29) is 12.0 Å². The van der Waals surface area contributed by atoms with Crippen LogP contribution >= 0.6 is 0 Å². The van der Waals surface area contributed by atoms with E-state index >= 15 is 0 Å². The van der Waals surface area contributed by atoms with Gasteiger partial charge in [-0.3, -0.25) is 5.10 Å². The van der Waals surface area contributed by atoms with Gasteiger partial charge in [0.05, 0.1) is 18.2 Å². The molecule has 0 saturated heterocycles. The molecule has 74 valence electrons. The number of alkyl halides is 3. The normalized spacial score (nSPS) is 10.5. The first-order valence-corrected chi connectivity index (χ1v) is 3.58. The molecule has 6 heteroatoms. The molecule has 0 spiro atoms. The van der Waals surface area contributed by atoms with Crippen LogP contribution in [0.15, 0.2) is 6.20 Å². The minimum Gasteiger partial charge on any atom is -0.302 e. The largest absolute Gasteiger partial charge is 0.434 e. The molecule has 0 aliphatic carbocycles. The molecular formula is C8H5F3N2O. The van der Waals surface area contributed by atoms with Gasteiger partial charge in [-0.05, 0) is 0 Å². The highest BCUT2D eigenvalue weighted by molar-refractivity contribution is 5.55. The Morgan fingerprint density at radius 1 is 1.57 bits per heavy atom. The predicted molar refractivity (Wildman–Crippen MR) is 41.1 cm³/mol. The highest BCUT2D eigenvalue weighted by Crippen LogP contribution is 2.29. The lowest BCUT2D eigenvalue weighted by atomic mass is 10.2. The number of carbonyl (C=O) groups is 1. The summed E-state index contributed by atoms with van der Waals surface area (Å²) >= 11 is 0. The fourth-order valence-corrected chi connectivity index (χ4v) is 0.785. The van der Waals surface area contributed by atoms with Gasteiger partial charge in [-0.1, -0.05) is 11.8 Å². The number of nitrogens with zero attached hydrogens (tertiary/aromatic N) is 1. The van der Waals surface area contributed by atoms with E-state index in [0.29, 0.717) is 6.29 Å². The number of aldehydes is 1. The van der Waals surface area contributed by atoms with E-state index in [0.717, 1.165) is 6.20 Å². The molecule has 1 aromatic rings. The molecule has 0 saturated carbocycles. The summed E-state index contributed by atoms with van der Waals surface area (Å²) in [6, 6.07) is 0. The van der Waals surface area contributed by atoms with Gasteiger partial charge in [0.15, 0.2) is 5.69 Å². The molecule has 14 heavy (non-hydrogen) atoms. The maximum absolute atomic E-state index is 12.2. The summed E-state index contributed by atoms with van der Waals surface area (Å²) in [7, 11) is 0. The molecule has 1 rings (SSSR count). The Balaban J connectivity index is 2.95. The maximum atomic E-state index is 12.2. The number of rotatable bonds is 1. The van der Waals surface area contributed by atoms with Crippen molar-refractivity contribution < 1.29 is 18.0 Å². The van der Waals surface area contributed by atoms with Crippen molar-refractivity contribution in [2.45, 2.75) is 12.6 Å². The lowest BCUT2D eigenvalue weighted by Crippen LogP contribution is -2.07. The third kappa shape index (κ3) is 2.36. The monoisotopic (exact) mass is 202 g/mol. The highest BCUT2D eigenvalue weighted by Gasteiger charge is 2.35. The average Bonchev–Trinajstić information content (AvgIpc) is 2.52. The van der Waals surface area contributed by atoms with E-state index in [9.17, 15) is 18.0 Å². The van der Waals surface area contributed by atoms with Crippen LogP contribution in [0.1, 0.15) is 17.7 Å². The van der Waals surface area contributed by atoms with Crippen LogP contribution in [-0.4, -0.2) is 16.5 Å². The zero-order chi connectivity index (χ0) is 10.6. The summed E-state index contributed by atoms with van der Waals surface area (Å²) in [6.07, 6.45) is -3.11. The van der Waals surface area contributed by atoms with Crippen molar-refractivity contribution >= 4 is 6.29 Å². The van der Waals surface area contributed by atoms with Gasteiger partial charge in [-0.2, -0.15) is 18.3 Å². The standard InChI is InChI=1S/C8H5F3N2O/c9-8(10,11)7-6(5-12-13-7)3-1-2-4-14/h4-5H,2H2,(H,12,13). The molecule has 0 amide bonds. The number of hydrogen-bond acceptors (Lipinski definition) is 2. The molecule has 0 fully saturated rings. The minimum atomic E-state index is -4.50. The Morgan fingerprint density at radius 2 is 2.29 bits per heavy atom. The molecule has 0 bridgehead atoms. The third-order valence-electron chi connectivity index (χ3n) is 1.33. The van der Waals surface area contributed by atoms with Gasteiger partial charge in [0, 0.05) is 0 Å². The van der Waals surface area contributed by atoms with E-state index < -0.39 is 11.9 Å². The summed E-state index contributed by atoms with van der Waals surface area (Å²) in [5.41, 5.74) is -1.24. The Morgan fingerprint density at radius 3 is 2.86 bits per heavy atom. The second kappa shape index (κ2) is 3.96. The van der Waals surface area contributed by atoms with Crippen LogP contribution < -0.4 is 0 Å². The van der Waals surface area contributed by atoms with Crippen molar-refractivity contribution in [2.75, 3.05) is 0 Å². The van der Waals surface area contributed by atoms with Gasteiger partial charge in [0.25, 0.3) is 0 Å². The Kier molecular flexibility index (Phi) is 2.92. The molecule has 0 radical (unpaired) electrons. The topological polar surface area (TPSA) is 45.8 Å².